The smallest absolute Gasteiger partial charge is 0.244 e. The number of rotatable bonds is 5. The van der Waals surface area contributed by atoms with Gasteiger partial charge in [0.15, 0.2) is 5.82 Å². The van der Waals surface area contributed by atoms with Gasteiger partial charge in [-0.25, -0.2) is 9.98 Å². The average molecular weight is 447 g/mol. The Morgan fingerprint density at radius 3 is 2.50 bits per heavy atom. The van der Waals surface area contributed by atoms with E-state index < -0.39 is 0 Å². The van der Waals surface area contributed by atoms with Crippen molar-refractivity contribution in [1.82, 2.24) is 4.98 Å². The maximum absolute atomic E-state index is 13.1. The standard InChI is InChI=1S/C25H23ClN4O2/c1-16(2)17-7-11-20(12-8-17)28-23(31)15-30-24(32)14-22(18-5-9-19(26)10-6-18)29-21-4-3-13-27-25(21)30/h3-13,16H,14-15H2,1-2H3,(H,28,31). The number of carbonyl (C=O) groups is 2. The van der Waals surface area contributed by atoms with E-state index in [9.17, 15) is 9.59 Å². The number of carbonyl (C=O) groups excluding carboxylic acids is 2. The number of fused-ring (bicyclic) bond motifs is 1. The molecule has 7 heteroatoms. The molecular weight excluding hydrogens is 424 g/mol. The second-order valence-electron chi connectivity index (χ2n) is 7.89. The van der Waals surface area contributed by atoms with Crippen molar-refractivity contribution in [2.24, 2.45) is 4.99 Å². The molecule has 0 fully saturated rings. The molecule has 32 heavy (non-hydrogen) atoms. The summed E-state index contributed by atoms with van der Waals surface area (Å²) in [5.74, 6) is 0.224. The maximum Gasteiger partial charge on any atom is 0.244 e. The number of pyridine rings is 1. The fraction of sp³-hybridized carbons (Fsp3) is 0.200. The van der Waals surface area contributed by atoms with Gasteiger partial charge in [0, 0.05) is 16.9 Å². The fourth-order valence-electron chi connectivity index (χ4n) is 3.49. The monoisotopic (exact) mass is 446 g/mol. The van der Waals surface area contributed by atoms with E-state index in [-0.39, 0.29) is 24.8 Å². The van der Waals surface area contributed by atoms with Gasteiger partial charge in [-0.2, -0.15) is 0 Å². The van der Waals surface area contributed by atoms with Gasteiger partial charge in [0.25, 0.3) is 0 Å². The molecule has 2 aromatic carbocycles. The molecule has 1 aromatic heterocycles. The first-order chi connectivity index (χ1) is 15.4. The molecule has 1 N–H and O–H groups in total. The number of aromatic nitrogens is 1. The van der Waals surface area contributed by atoms with Crippen LogP contribution in [0, 0.1) is 0 Å². The zero-order valence-electron chi connectivity index (χ0n) is 17.9. The van der Waals surface area contributed by atoms with Crippen molar-refractivity contribution in [3.63, 3.8) is 0 Å². The van der Waals surface area contributed by atoms with Crippen LogP contribution in [0.1, 0.15) is 37.3 Å². The minimum atomic E-state index is -0.304. The summed E-state index contributed by atoms with van der Waals surface area (Å²) in [6.07, 6.45) is 1.64. The first-order valence-electron chi connectivity index (χ1n) is 10.4. The lowest BCUT2D eigenvalue weighted by molar-refractivity contribution is -0.120. The molecule has 162 valence electrons. The quantitative estimate of drug-likeness (QED) is 0.573. The third-order valence-corrected chi connectivity index (χ3v) is 5.49. The molecular formula is C25H23ClN4O2. The molecule has 2 amide bonds. The molecule has 0 bridgehead atoms. The zero-order valence-corrected chi connectivity index (χ0v) is 18.6. The highest BCUT2D eigenvalue weighted by Crippen LogP contribution is 2.31. The van der Waals surface area contributed by atoms with Crippen molar-refractivity contribution in [2.45, 2.75) is 26.2 Å². The van der Waals surface area contributed by atoms with E-state index in [1.165, 1.54) is 10.5 Å². The summed E-state index contributed by atoms with van der Waals surface area (Å²) < 4.78 is 0. The molecule has 0 radical (unpaired) electrons. The number of halogens is 1. The Balaban J connectivity index is 1.55. The van der Waals surface area contributed by atoms with Crippen molar-refractivity contribution < 1.29 is 9.59 Å². The molecule has 0 aliphatic carbocycles. The van der Waals surface area contributed by atoms with Gasteiger partial charge in [-0.1, -0.05) is 49.7 Å². The van der Waals surface area contributed by atoms with Crippen LogP contribution in [0.25, 0.3) is 0 Å². The van der Waals surface area contributed by atoms with Gasteiger partial charge in [-0.3, -0.25) is 14.5 Å². The molecule has 1 aliphatic heterocycles. The van der Waals surface area contributed by atoms with Crippen LogP contribution in [-0.4, -0.2) is 29.1 Å². The zero-order chi connectivity index (χ0) is 22.7. The second-order valence-corrected chi connectivity index (χ2v) is 8.33. The predicted molar refractivity (Wildman–Crippen MR) is 128 cm³/mol. The molecule has 0 spiro atoms. The molecule has 0 saturated heterocycles. The van der Waals surface area contributed by atoms with Crippen molar-refractivity contribution >= 4 is 46.3 Å². The molecule has 2 heterocycles. The molecule has 4 rings (SSSR count). The number of nitrogens with one attached hydrogen (secondary N) is 1. The number of hydrogen-bond donors (Lipinski definition) is 1. The Morgan fingerprint density at radius 1 is 1.09 bits per heavy atom. The lowest BCUT2D eigenvalue weighted by Gasteiger charge is -2.20. The van der Waals surface area contributed by atoms with Gasteiger partial charge in [0.05, 0.1) is 12.1 Å². The van der Waals surface area contributed by atoms with Crippen LogP contribution in [-0.2, 0) is 9.59 Å². The molecule has 3 aromatic rings. The normalized spacial score (nSPS) is 13.4. The van der Waals surface area contributed by atoms with E-state index in [4.69, 9.17) is 11.6 Å². The highest BCUT2D eigenvalue weighted by molar-refractivity contribution is 6.30. The molecule has 1 aliphatic rings. The van der Waals surface area contributed by atoms with Crippen LogP contribution in [0.5, 0.6) is 0 Å². The summed E-state index contributed by atoms with van der Waals surface area (Å²) in [5.41, 5.74) is 3.82. The van der Waals surface area contributed by atoms with Gasteiger partial charge in [-0.05, 0) is 53.4 Å². The van der Waals surface area contributed by atoms with Gasteiger partial charge in [0.1, 0.15) is 12.2 Å². The van der Waals surface area contributed by atoms with Crippen LogP contribution >= 0.6 is 11.6 Å². The van der Waals surface area contributed by atoms with E-state index in [1.807, 2.05) is 36.4 Å². The van der Waals surface area contributed by atoms with E-state index >= 15 is 0 Å². The first kappa shape index (κ1) is 21.7. The Labute approximate surface area is 192 Å². The Morgan fingerprint density at radius 2 is 1.81 bits per heavy atom. The average Bonchev–Trinajstić information content (AvgIpc) is 2.91. The Kier molecular flexibility index (Phi) is 6.32. The maximum atomic E-state index is 13.1. The van der Waals surface area contributed by atoms with E-state index in [2.05, 4.69) is 29.1 Å². The summed E-state index contributed by atoms with van der Waals surface area (Å²) in [7, 11) is 0. The lowest BCUT2D eigenvalue weighted by Crippen LogP contribution is -2.38. The van der Waals surface area contributed by atoms with Crippen molar-refractivity contribution in [1.29, 1.82) is 0 Å². The fourth-order valence-corrected chi connectivity index (χ4v) is 3.62. The van der Waals surface area contributed by atoms with Crippen molar-refractivity contribution in [2.75, 3.05) is 16.8 Å². The SMILES string of the molecule is CC(C)c1ccc(NC(=O)CN2C(=O)CC(c3ccc(Cl)cc3)=Nc3cccnc32)cc1. The minimum Gasteiger partial charge on any atom is -0.325 e. The second kappa shape index (κ2) is 9.32. The largest absolute Gasteiger partial charge is 0.325 e. The van der Waals surface area contributed by atoms with Crippen LogP contribution in [0.4, 0.5) is 17.2 Å². The Hall–Kier alpha value is -3.51. The minimum absolute atomic E-state index is 0.0500. The van der Waals surface area contributed by atoms with Crippen molar-refractivity contribution in [3.8, 4) is 0 Å². The lowest BCUT2D eigenvalue weighted by atomic mass is 10.0. The van der Waals surface area contributed by atoms with Gasteiger partial charge in [0.2, 0.25) is 11.8 Å². The number of anilines is 2. The summed E-state index contributed by atoms with van der Waals surface area (Å²) in [4.78, 5) is 36.3. The molecule has 0 unspecified atom stereocenters. The predicted octanol–water partition coefficient (Wildman–Crippen LogP) is 5.35. The van der Waals surface area contributed by atoms with Crippen molar-refractivity contribution in [3.05, 3.63) is 83.0 Å². The van der Waals surface area contributed by atoms with Crippen LogP contribution in [0.3, 0.4) is 0 Å². The van der Waals surface area contributed by atoms with Crippen LogP contribution in [0.2, 0.25) is 5.02 Å². The first-order valence-corrected chi connectivity index (χ1v) is 10.8. The highest BCUT2D eigenvalue weighted by atomic mass is 35.5. The van der Waals surface area contributed by atoms with Gasteiger partial charge < -0.3 is 5.32 Å². The van der Waals surface area contributed by atoms with Crippen LogP contribution < -0.4 is 10.2 Å². The Bertz CT molecular complexity index is 1170. The highest BCUT2D eigenvalue weighted by Gasteiger charge is 2.27. The number of benzene rings is 2. The summed E-state index contributed by atoms with van der Waals surface area (Å²) in [6, 6.07) is 18.4. The number of aliphatic imine (C=N–C) groups is 1. The molecule has 0 atom stereocenters. The topological polar surface area (TPSA) is 74.7 Å². The third-order valence-electron chi connectivity index (χ3n) is 5.24. The van der Waals surface area contributed by atoms with E-state index in [1.54, 1.807) is 30.5 Å². The number of amides is 2. The molecule has 6 nitrogen and oxygen atoms in total. The van der Waals surface area contributed by atoms with Gasteiger partial charge >= 0.3 is 0 Å². The van der Waals surface area contributed by atoms with E-state index in [0.29, 0.717) is 33.8 Å². The summed E-state index contributed by atoms with van der Waals surface area (Å²) >= 11 is 5.99. The third kappa shape index (κ3) is 4.86. The number of hydrogen-bond acceptors (Lipinski definition) is 4. The summed E-state index contributed by atoms with van der Waals surface area (Å²) in [5, 5.41) is 3.47. The van der Waals surface area contributed by atoms with Crippen LogP contribution in [0.15, 0.2) is 71.9 Å². The summed E-state index contributed by atoms with van der Waals surface area (Å²) in [6.45, 7) is 4.07. The van der Waals surface area contributed by atoms with E-state index in [0.717, 1.165) is 5.56 Å². The number of nitrogens with zero attached hydrogens (tertiary/aromatic N) is 3. The molecule has 0 saturated carbocycles. The van der Waals surface area contributed by atoms with Gasteiger partial charge in [-0.15, -0.1) is 0 Å².